The first kappa shape index (κ1) is 35.8. The molecule has 11 aromatic rings. The summed E-state index contributed by atoms with van der Waals surface area (Å²) in [6.07, 6.45) is 0. The van der Waals surface area contributed by atoms with Crippen molar-refractivity contribution in [2.75, 3.05) is 0 Å². The third-order valence-corrected chi connectivity index (χ3v) is 12.6. The van der Waals surface area contributed by atoms with Gasteiger partial charge in [0.2, 0.25) is 0 Å². The van der Waals surface area contributed by atoms with Gasteiger partial charge < -0.3 is 0 Å². The van der Waals surface area contributed by atoms with Crippen molar-refractivity contribution in [1.29, 1.82) is 0 Å². The van der Waals surface area contributed by atoms with Gasteiger partial charge in [0.1, 0.15) is 0 Å². The Kier molecular flexibility index (Phi) is 8.50. The highest BCUT2D eigenvalue weighted by Gasteiger charge is 2.22. The Labute approximate surface area is 352 Å². The van der Waals surface area contributed by atoms with Crippen LogP contribution in [-0.2, 0) is 5.41 Å². The number of fused-ring (bicyclic) bond motifs is 5. The van der Waals surface area contributed by atoms with Crippen LogP contribution in [-0.4, -0.2) is 0 Å². The Bertz CT molecular complexity index is 3410. The Morgan fingerprint density at radius 2 is 0.650 bits per heavy atom. The predicted octanol–water partition coefficient (Wildman–Crippen LogP) is 17.1. The Balaban J connectivity index is 1.16. The molecule has 0 aliphatic rings. The second-order valence-corrected chi connectivity index (χ2v) is 17.2. The van der Waals surface area contributed by atoms with E-state index in [2.05, 4.69) is 233 Å². The molecule has 0 aliphatic carbocycles. The number of benzene rings is 11. The zero-order chi connectivity index (χ0) is 40.4. The third-order valence-electron chi connectivity index (χ3n) is 12.6. The summed E-state index contributed by atoms with van der Waals surface area (Å²) in [6, 6.07) is 78.8. The van der Waals surface area contributed by atoms with E-state index in [1.165, 1.54) is 115 Å². The molecule has 0 nitrogen and oxygen atoms in total. The smallest absolute Gasteiger partial charge is 0.00200 e. The minimum Gasteiger partial charge on any atom is -0.0622 e. The summed E-state index contributed by atoms with van der Waals surface area (Å²) in [4.78, 5) is 0. The molecular formula is C60H44. The molecule has 0 heterocycles. The normalized spacial score (nSPS) is 11.9. The van der Waals surface area contributed by atoms with Crippen molar-refractivity contribution < 1.29 is 0 Å². The maximum absolute atomic E-state index is 2.47. The van der Waals surface area contributed by atoms with Gasteiger partial charge in [0.25, 0.3) is 0 Å². The van der Waals surface area contributed by atoms with E-state index in [0.29, 0.717) is 0 Å². The Morgan fingerprint density at radius 1 is 0.250 bits per heavy atom. The average molecular weight is 765 g/mol. The van der Waals surface area contributed by atoms with Crippen LogP contribution in [0.4, 0.5) is 0 Å². The lowest BCUT2D eigenvalue weighted by atomic mass is 9.80. The molecule has 0 spiro atoms. The summed E-state index contributed by atoms with van der Waals surface area (Å²) in [5.41, 5.74) is 13.8. The molecule has 11 aromatic carbocycles. The summed E-state index contributed by atoms with van der Waals surface area (Å²) >= 11 is 0. The molecule has 0 unspecified atom stereocenters. The van der Waals surface area contributed by atoms with E-state index in [1.54, 1.807) is 0 Å². The van der Waals surface area contributed by atoms with Crippen LogP contribution in [0.1, 0.15) is 26.3 Å². The topological polar surface area (TPSA) is 0 Å². The van der Waals surface area contributed by atoms with Crippen LogP contribution >= 0.6 is 0 Å². The van der Waals surface area contributed by atoms with Gasteiger partial charge in [0, 0.05) is 0 Å². The van der Waals surface area contributed by atoms with E-state index in [9.17, 15) is 0 Å². The van der Waals surface area contributed by atoms with Gasteiger partial charge in [-0.05, 0) is 133 Å². The molecule has 0 aromatic heterocycles. The number of rotatable bonds is 5. The molecule has 11 rings (SSSR count). The van der Waals surface area contributed by atoms with E-state index >= 15 is 0 Å². The molecule has 0 atom stereocenters. The molecule has 0 fully saturated rings. The molecular weight excluding hydrogens is 721 g/mol. The average Bonchev–Trinajstić information content (AvgIpc) is 3.30. The second kappa shape index (κ2) is 14.2. The summed E-state index contributed by atoms with van der Waals surface area (Å²) in [5.74, 6) is 0. The van der Waals surface area contributed by atoms with Crippen molar-refractivity contribution in [2.24, 2.45) is 0 Å². The summed E-state index contributed by atoms with van der Waals surface area (Å²) in [5, 5.41) is 12.7. The van der Waals surface area contributed by atoms with Gasteiger partial charge in [0.15, 0.2) is 0 Å². The van der Waals surface area contributed by atoms with Crippen LogP contribution in [0, 0.1) is 0 Å². The van der Waals surface area contributed by atoms with Crippen LogP contribution in [0.3, 0.4) is 0 Å². The van der Waals surface area contributed by atoms with Crippen molar-refractivity contribution in [3.63, 3.8) is 0 Å². The lowest BCUT2D eigenvalue weighted by Crippen LogP contribution is -2.10. The molecule has 284 valence electrons. The van der Waals surface area contributed by atoms with E-state index in [0.717, 1.165) is 0 Å². The largest absolute Gasteiger partial charge is 0.0622 e. The first-order valence-corrected chi connectivity index (χ1v) is 21.1. The minimum atomic E-state index is 0.00113. The molecule has 60 heavy (non-hydrogen) atoms. The van der Waals surface area contributed by atoms with Crippen LogP contribution < -0.4 is 0 Å². The fourth-order valence-electron chi connectivity index (χ4n) is 9.71. The summed E-state index contributed by atoms with van der Waals surface area (Å²) in [6.45, 7) is 6.94. The highest BCUT2D eigenvalue weighted by Crippen LogP contribution is 2.48. The minimum absolute atomic E-state index is 0.00113. The fourth-order valence-corrected chi connectivity index (χ4v) is 9.71. The van der Waals surface area contributed by atoms with Crippen LogP contribution in [0.15, 0.2) is 212 Å². The lowest BCUT2D eigenvalue weighted by molar-refractivity contribution is 0.591. The van der Waals surface area contributed by atoms with Crippen LogP contribution in [0.2, 0.25) is 0 Å². The Morgan fingerprint density at radius 3 is 1.23 bits per heavy atom. The number of hydrogen-bond acceptors (Lipinski definition) is 0. The van der Waals surface area contributed by atoms with Crippen molar-refractivity contribution in [2.45, 2.75) is 26.2 Å². The van der Waals surface area contributed by atoms with Gasteiger partial charge >= 0.3 is 0 Å². The standard InChI is InChI=1S/C60H44/c1-60(2,3)45-34-36-53-55(38-45)59(47-28-16-22-40-19-10-11-23-46(40)47)51-27-15-14-26-50(51)57(53)43-31-29-42(30-32-43)56-48-24-12-13-25-49(48)58(41-20-8-5-9-21-41)54-37-44(33-35-52(54)56)39-17-6-4-7-18-39/h4-38H,1-3H3. The molecule has 0 N–H and O–H groups in total. The zero-order valence-electron chi connectivity index (χ0n) is 34.2. The first-order valence-electron chi connectivity index (χ1n) is 21.1. The maximum Gasteiger partial charge on any atom is -0.00200 e. The van der Waals surface area contributed by atoms with Crippen LogP contribution in [0.25, 0.3) is 109 Å². The molecule has 0 amide bonds. The van der Waals surface area contributed by atoms with Crippen molar-refractivity contribution in [1.82, 2.24) is 0 Å². The van der Waals surface area contributed by atoms with E-state index < -0.39 is 0 Å². The van der Waals surface area contributed by atoms with Gasteiger partial charge in [-0.3, -0.25) is 0 Å². The van der Waals surface area contributed by atoms with Gasteiger partial charge in [-0.15, -0.1) is 0 Å². The first-order chi connectivity index (χ1) is 29.4. The third kappa shape index (κ3) is 5.90. The molecule has 0 bridgehead atoms. The second-order valence-electron chi connectivity index (χ2n) is 17.2. The van der Waals surface area contributed by atoms with E-state index in [4.69, 9.17) is 0 Å². The van der Waals surface area contributed by atoms with Crippen molar-refractivity contribution in [3.8, 4) is 55.6 Å². The molecule has 0 heteroatoms. The summed E-state index contributed by atoms with van der Waals surface area (Å²) in [7, 11) is 0. The van der Waals surface area contributed by atoms with Crippen LogP contribution in [0.5, 0.6) is 0 Å². The molecule has 0 radical (unpaired) electrons. The maximum atomic E-state index is 2.47. The Hall–Kier alpha value is -7.28. The zero-order valence-corrected chi connectivity index (χ0v) is 34.2. The van der Waals surface area contributed by atoms with Crippen molar-refractivity contribution >= 4 is 53.9 Å². The fraction of sp³-hybridized carbons (Fsp3) is 0.0667. The number of hydrogen-bond donors (Lipinski definition) is 0. The van der Waals surface area contributed by atoms with Crippen molar-refractivity contribution in [3.05, 3.63) is 218 Å². The monoisotopic (exact) mass is 764 g/mol. The SMILES string of the molecule is CC(C)(C)c1ccc2c(-c3ccc(-c4c5ccccc5c(-c5ccccc5)c5cc(-c6ccccc6)ccc45)cc3)c3ccccc3c(-c3cccc4ccccc34)c2c1. The van der Waals surface area contributed by atoms with Gasteiger partial charge in [-0.25, -0.2) is 0 Å². The summed E-state index contributed by atoms with van der Waals surface area (Å²) < 4.78 is 0. The van der Waals surface area contributed by atoms with Gasteiger partial charge in [-0.1, -0.05) is 221 Å². The highest BCUT2D eigenvalue weighted by atomic mass is 14.3. The van der Waals surface area contributed by atoms with Gasteiger partial charge in [0.05, 0.1) is 0 Å². The van der Waals surface area contributed by atoms with Gasteiger partial charge in [-0.2, -0.15) is 0 Å². The molecule has 0 saturated heterocycles. The lowest BCUT2D eigenvalue weighted by Gasteiger charge is -2.23. The quantitative estimate of drug-likeness (QED) is 0.153. The predicted molar refractivity (Wildman–Crippen MR) is 260 cm³/mol. The van der Waals surface area contributed by atoms with E-state index in [-0.39, 0.29) is 5.41 Å². The highest BCUT2D eigenvalue weighted by molar-refractivity contribution is 6.25. The molecule has 0 aliphatic heterocycles. The molecule has 0 saturated carbocycles. The van der Waals surface area contributed by atoms with E-state index in [1.807, 2.05) is 0 Å².